The zero-order valence-corrected chi connectivity index (χ0v) is 13.6. The molecule has 0 atom stereocenters. The van der Waals surface area contributed by atoms with Gasteiger partial charge in [-0.1, -0.05) is 19.0 Å². The highest BCUT2D eigenvalue weighted by Crippen LogP contribution is 2.09. The summed E-state index contributed by atoms with van der Waals surface area (Å²) in [4.78, 5) is 8.54. The average Bonchev–Trinajstić information content (AvgIpc) is 3.11. The van der Waals surface area contributed by atoms with Gasteiger partial charge in [-0.15, -0.1) is 0 Å². The summed E-state index contributed by atoms with van der Waals surface area (Å²) in [5.74, 6) is 2.44. The predicted octanol–water partition coefficient (Wildman–Crippen LogP) is 1.44. The van der Waals surface area contributed by atoms with Gasteiger partial charge in [0.1, 0.15) is 0 Å². The maximum absolute atomic E-state index is 5.21. The Hall–Kier alpha value is -2.31. The fourth-order valence-electron chi connectivity index (χ4n) is 1.96. The van der Waals surface area contributed by atoms with Crippen LogP contribution in [-0.2, 0) is 20.0 Å². The molecule has 0 fully saturated rings. The van der Waals surface area contributed by atoms with Gasteiger partial charge in [0.25, 0.3) is 0 Å². The number of aryl methyl sites for hydroxylation is 1. The summed E-state index contributed by atoms with van der Waals surface area (Å²) in [6.45, 7) is 5.51. The van der Waals surface area contributed by atoms with Gasteiger partial charge in [-0.2, -0.15) is 4.98 Å². The van der Waals surface area contributed by atoms with Crippen molar-refractivity contribution in [2.24, 2.45) is 12.0 Å². The normalized spacial score (nSPS) is 12.0. The average molecular weight is 304 g/mol. The molecule has 120 valence electrons. The van der Waals surface area contributed by atoms with Gasteiger partial charge in [0.05, 0.1) is 0 Å². The van der Waals surface area contributed by atoms with E-state index in [1.165, 1.54) is 5.56 Å². The van der Waals surface area contributed by atoms with Crippen LogP contribution in [0.2, 0.25) is 0 Å². The van der Waals surface area contributed by atoms with Crippen molar-refractivity contribution >= 4 is 5.96 Å². The largest absolute Gasteiger partial charge is 0.357 e. The van der Waals surface area contributed by atoms with Gasteiger partial charge in [0.2, 0.25) is 5.89 Å². The van der Waals surface area contributed by atoms with E-state index in [2.05, 4.69) is 38.0 Å². The summed E-state index contributed by atoms with van der Waals surface area (Å²) < 4.78 is 7.23. The molecule has 7 heteroatoms. The molecule has 0 aliphatic rings. The highest BCUT2D eigenvalue weighted by Gasteiger charge is 2.09. The second kappa shape index (κ2) is 7.63. The summed E-state index contributed by atoms with van der Waals surface area (Å²) >= 11 is 0. The lowest BCUT2D eigenvalue weighted by atomic mass is 10.2. The van der Waals surface area contributed by atoms with Crippen LogP contribution >= 0.6 is 0 Å². The molecule has 0 spiro atoms. The van der Waals surface area contributed by atoms with Crippen molar-refractivity contribution in [3.8, 4) is 0 Å². The standard InChI is InChI=1S/C15H24N6O/c1-11(2)14-19-13(22-20-14)5-7-17-15(16-3)18-9-12-6-8-21(4)10-12/h6,8,10-11H,5,7,9H2,1-4H3,(H2,16,17,18). The zero-order chi connectivity index (χ0) is 15.9. The van der Waals surface area contributed by atoms with Crippen molar-refractivity contribution < 1.29 is 4.52 Å². The van der Waals surface area contributed by atoms with Crippen LogP contribution in [0.25, 0.3) is 0 Å². The van der Waals surface area contributed by atoms with Crippen LogP contribution in [0.3, 0.4) is 0 Å². The second-order valence-electron chi connectivity index (χ2n) is 5.49. The first-order valence-corrected chi connectivity index (χ1v) is 7.46. The summed E-state index contributed by atoms with van der Waals surface area (Å²) in [5.41, 5.74) is 1.21. The second-order valence-corrected chi connectivity index (χ2v) is 5.49. The molecule has 0 aromatic carbocycles. The Bertz CT molecular complexity index is 613. The van der Waals surface area contributed by atoms with E-state index in [4.69, 9.17) is 4.52 Å². The van der Waals surface area contributed by atoms with E-state index >= 15 is 0 Å². The Balaban J connectivity index is 1.74. The summed E-state index contributed by atoms with van der Waals surface area (Å²) in [5, 5.41) is 10.5. The molecule has 0 unspecified atom stereocenters. The zero-order valence-electron chi connectivity index (χ0n) is 13.6. The van der Waals surface area contributed by atoms with Crippen molar-refractivity contribution in [3.63, 3.8) is 0 Å². The van der Waals surface area contributed by atoms with Gasteiger partial charge in [0, 0.05) is 51.9 Å². The molecular formula is C15H24N6O. The smallest absolute Gasteiger partial charge is 0.228 e. The number of aliphatic imine (C=N–C) groups is 1. The van der Waals surface area contributed by atoms with Crippen LogP contribution in [0.15, 0.2) is 28.0 Å². The number of aromatic nitrogens is 3. The molecule has 2 N–H and O–H groups in total. The molecule has 0 saturated carbocycles. The summed E-state index contributed by atoms with van der Waals surface area (Å²) in [7, 11) is 3.76. The topological polar surface area (TPSA) is 80.3 Å². The maximum Gasteiger partial charge on any atom is 0.228 e. The highest BCUT2D eigenvalue weighted by molar-refractivity contribution is 5.79. The fourth-order valence-corrected chi connectivity index (χ4v) is 1.96. The van der Waals surface area contributed by atoms with Crippen molar-refractivity contribution in [1.82, 2.24) is 25.3 Å². The quantitative estimate of drug-likeness (QED) is 0.623. The van der Waals surface area contributed by atoms with Crippen molar-refractivity contribution in [3.05, 3.63) is 35.7 Å². The number of nitrogens with one attached hydrogen (secondary N) is 2. The minimum absolute atomic E-state index is 0.283. The first-order chi connectivity index (χ1) is 10.6. The van der Waals surface area contributed by atoms with Gasteiger partial charge < -0.3 is 19.7 Å². The van der Waals surface area contributed by atoms with Crippen LogP contribution in [0.5, 0.6) is 0 Å². The predicted molar refractivity (Wildman–Crippen MR) is 85.7 cm³/mol. The van der Waals surface area contributed by atoms with Crippen molar-refractivity contribution in [2.45, 2.75) is 32.7 Å². The molecule has 2 heterocycles. The van der Waals surface area contributed by atoms with Crippen LogP contribution in [0, 0.1) is 0 Å². The van der Waals surface area contributed by atoms with E-state index in [1.807, 2.05) is 31.7 Å². The third kappa shape index (κ3) is 4.61. The number of rotatable bonds is 6. The van der Waals surface area contributed by atoms with E-state index in [0.29, 0.717) is 18.9 Å². The fraction of sp³-hybridized carbons (Fsp3) is 0.533. The lowest BCUT2D eigenvalue weighted by Gasteiger charge is -2.10. The molecule has 0 aliphatic carbocycles. The minimum atomic E-state index is 0.283. The van der Waals surface area contributed by atoms with Crippen LogP contribution in [0.4, 0.5) is 0 Å². The van der Waals surface area contributed by atoms with Crippen molar-refractivity contribution in [2.75, 3.05) is 13.6 Å². The molecule has 2 aromatic heterocycles. The maximum atomic E-state index is 5.21. The van der Waals surface area contributed by atoms with Gasteiger partial charge in [-0.25, -0.2) is 0 Å². The number of nitrogens with zero attached hydrogens (tertiary/aromatic N) is 4. The minimum Gasteiger partial charge on any atom is -0.357 e. The Morgan fingerprint density at radius 1 is 1.41 bits per heavy atom. The molecular weight excluding hydrogens is 280 g/mol. The van der Waals surface area contributed by atoms with E-state index in [1.54, 1.807) is 7.05 Å². The van der Waals surface area contributed by atoms with Crippen molar-refractivity contribution in [1.29, 1.82) is 0 Å². The van der Waals surface area contributed by atoms with E-state index in [0.717, 1.165) is 18.3 Å². The molecule has 0 radical (unpaired) electrons. The van der Waals surface area contributed by atoms with Gasteiger partial charge in [0.15, 0.2) is 11.8 Å². The molecule has 7 nitrogen and oxygen atoms in total. The molecule has 0 bridgehead atoms. The lowest BCUT2D eigenvalue weighted by molar-refractivity contribution is 0.371. The molecule has 0 saturated heterocycles. The number of hydrogen-bond donors (Lipinski definition) is 2. The Morgan fingerprint density at radius 2 is 2.23 bits per heavy atom. The lowest BCUT2D eigenvalue weighted by Crippen LogP contribution is -2.37. The Morgan fingerprint density at radius 3 is 2.82 bits per heavy atom. The van der Waals surface area contributed by atoms with Gasteiger partial charge >= 0.3 is 0 Å². The monoisotopic (exact) mass is 304 g/mol. The van der Waals surface area contributed by atoms with Gasteiger partial charge in [-0.05, 0) is 11.6 Å². The Kier molecular flexibility index (Phi) is 5.57. The SMILES string of the molecule is CN=C(NCCc1nc(C(C)C)no1)NCc1ccn(C)c1. The Labute approximate surface area is 130 Å². The molecule has 0 amide bonds. The first-order valence-electron chi connectivity index (χ1n) is 7.46. The van der Waals surface area contributed by atoms with Crippen LogP contribution in [-0.4, -0.2) is 34.3 Å². The molecule has 22 heavy (non-hydrogen) atoms. The molecule has 0 aliphatic heterocycles. The number of hydrogen-bond acceptors (Lipinski definition) is 4. The van der Waals surface area contributed by atoms with E-state index in [9.17, 15) is 0 Å². The van der Waals surface area contributed by atoms with Gasteiger partial charge in [-0.3, -0.25) is 4.99 Å². The first kappa shape index (κ1) is 16.1. The van der Waals surface area contributed by atoms with E-state index in [-0.39, 0.29) is 5.92 Å². The third-order valence-corrected chi connectivity index (χ3v) is 3.21. The summed E-state index contributed by atoms with van der Waals surface area (Å²) in [6, 6.07) is 2.08. The molecule has 2 aromatic rings. The highest BCUT2D eigenvalue weighted by atomic mass is 16.5. The van der Waals surface area contributed by atoms with E-state index < -0.39 is 0 Å². The number of guanidine groups is 1. The van der Waals surface area contributed by atoms with Crippen LogP contribution in [0.1, 0.15) is 37.0 Å². The summed E-state index contributed by atoms with van der Waals surface area (Å²) in [6.07, 6.45) is 4.77. The third-order valence-electron chi connectivity index (χ3n) is 3.21. The van der Waals surface area contributed by atoms with Crippen LogP contribution < -0.4 is 10.6 Å². The molecule has 2 rings (SSSR count).